The van der Waals surface area contributed by atoms with Gasteiger partial charge in [-0.3, -0.25) is 9.59 Å². The standard InChI is InChI=1S/C22H23ClN4O3/c1-14-12-21(27(26-14)18-8-6-17(23)7-9-18)25-22(29)13-20(24-15(2)28)16-4-10-19(30-3)11-5-16/h4-12,20H,13H2,1-3H3,(H,24,28)(H,25,29). The second-order valence-corrected chi connectivity index (χ2v) is 7.27. The number of methoxy groups -OCH3 is 1. The lowest BCUT2D eigenvalue weighted by Crippen LogP contribution is -2.30. The molecule has 8 heteroatoms. The maximum atomic E-state index is 12.8. The van der Waals surface area contributed by atoms with E-state index in [0.717, 1.165) is 16.9 Å². The summed E-state index contributed by atoms with van der Waals surface area (Å²) < 4.78 is 6.81. The van der Waals surface area contributed by atoms with Gasteiger partial charge in [-0.25, -0.2) is 4.68 Å². The molecule has 2 amide bonds. The van der Waals surface area contributed by atoms with Crippen molar-refractivity contribution in [1.82, 2.24) is 15.1 Å². The molecule has 1 aromatic heterocycles. The van der Waals surface area contributed by atoms with Crippen LogP contribution in [0.25, 0.3) is 5.69 Å². The van der Waals surface area contributed by atoms with Crippen LogP contribution < -0.4 is 15.4 Å². The van der Waals surface area contributed by atoms with Crippen LogP contribution in [0.2, 0.25) is 5.02 Å². The van der Waals surface area contributed by atoms with Crippen molar-refractivity contribution in [3.8, 4) is 11.4 Å². The van der Waals surface area contributed by atoms with E-state index in [0.29, 0.717) is 16.6 Å². The fraction of sp³-hybridized carbons (Fsp3) is 0.227. The normalized spacial score (nSPS) is 11.6. The van der Waals surface area contributed by atoms with Crippen molar-refractivity contribution in [2.45, 2.75) is 26.3 Å². The minimum Gasteiger partial charge on any atom is -0.497 e. The summed E-state index contributed by atoms with van der Waals surface area (Å²) in [6, 6.07) is 15.7. The summed E-state index contributed by atoms with van der Waals surface area (Å²) in [5, 5.41) is 10.8. The average molecular weight is 427 g/mol. The molecule has 1 heterocycles. The number of aromatic nitrogens is 2. The van der Waals surface area contributed by atoms with Crippen molar-refractivity contribution in [2.24, 2.45) is 0 Å². The summed E-state index contributed by atoms with van der Waals surface area (Å²) in [7, 11) is 1.58. The lowest BCUT2D eigenvalue weighted by molar-refractivity contribution is -0.120. The number of benzene rings is 2. The number of hydrogen-bond donors (Lipinski definition) is 2. The molecule has 3 aromatic rings. The summed E-state index contributed by atoms with van der Waals surface area (Å²) in [5.41, 5.74) is 2.34. The zero-order valence-corrected chi connectivity index (χ0v) is 17.7. The highest BCUT2D eigenvalue weighted by Crippen LogP contribution is 2.23. The summed E-state index contributed by atoms with van der Waals surface area (Å²) in [6.07, 6.45) is 0.0662. The van der Waals surface area contributed by atoms with Crippen LogP contribution in [0.5, 0.6) is 5.75 Å². The topological polar surface area (TPSA) is 85.2 Å². The highest BCUT2D eigenvalue weighted by molar-refractivity contribution is 6.30. The van der Waals surface area contributed by atoms with E-state index >= 15 is 0 Å². The molecule has 0 fully saturated rings. The van der Waals surface area contributed by atoms with Gasteiger partial charge in [0, 0.05) is 18.0 Å². The minimum absolute atomic E-state index is 0.0662. The molecule has 30 heavy (non-hydrogen) atoms. The number of rotatable bonds is 7. The summed E-state index contributed by atoms with van der Waals surface area (Å²) in [5.74, 6) is 0.772. The van der Waals surface area contributed by atoms with Crippen LogP contribution in [0.4, 0.5) is 5.82 Å². The van der Waals surface area contributed by atoms with Crippen LogP contribution in [-0.2, 0) is 9.59 Å². The molecule has 0 bridgehead atoms. The lowest BCUT2D eigenvalue weighted by Gasteiger charge is -2.18. The largest absolute Gasteiger partial charge is 0.497 e. The Morgan fingerprint density at radius 2 is 1.80 bits per heavy atom. The van der Waals surface area contributed by atoms with Gasteiger partial charge in [-0.1, -0.05) is 23.7 Å². The Bertz CT molecular complexity index is 1030. The third-order valence-electron chi connectivity index (χ3n) is 4.46. The molecule has 1 atom stereocenters. The van der Waals surface area contributed by atoms with Crippen molar-refractivity contribution < 1.29 is 14.3 Å². The van der Waals surface area contributed by atoms with Gasteiger partial charge in [-0.2, -0.15) is 5.10 Å². The first-order chi connectivity index (χ1) is 14.4. The van der Waals surface area contributed by atoms with Gasteiger partial charge < -0.3 is 15.4 Å². The Hall–Kier alpha value is -3.32. The van der Waals surface area contributed by atoms with Crippen LogP contribution in [0.15, 0.2) is 54.6 Å². The molecule has 0 aliphatic carbocycles. The highest BCUT2D eigenvalue weighted by Gasteiger charge is 2.19. The van der Waals surface area contributed by atoms with E-state index in [1.165, 1.54) is 6.92 Å². The highest BCUT2D eigenvalue weighted by atomic mass is 35.5. The number of halogens is 1. The number of aryl methyl sites for hydroxylation is 1. The maximum Gasteiger partial charge on any atom is 0.227 e. The third kappa shape index (κ3) is 5.39. The molecule has 3 rings (SSSR count). The zero-order chi connectivity index (χ0) is 21.7. The predicted octanol–water partition coefficient (Wildman–Crippen LogP) is 4.05. The molecule has 0 aliphatic heterocycles. The van der Waals surface area contributed by atoms with E-state index in [9.17, 15) is 9.59 Å². The Morgan fingerprint density at radius 1 is 1.13 bits per heavy atom. The van der Waals surface area contributed by atoms with E-state index in [2.05, 4.69) is 15.7 Å². The maximum absolute atomic E-state index is 12.8. The number of carbonyl (C=O) groups excluding carboxylic acids is 2. The van der Waals surface area contributed by atoms with E-state index in [4.69, 9.17) is 16.3 Å². The zero-order valence-electron chi connectivity index (χ0n) is 17.0. The number of nitrogens with one attached hydrogen (secondary N) is 2. The van der Waals surface area contributed by atoms with Gasteiger partial charge in [0.2, 0.25) is 11.8 Å². The quantitative estimate of drug-likeness (QED) is 0.596. The van der Waals surface area contributed by atoms with Crippen LogP contribution in [0.3, 0.4) is 0 Å². The number of ether oxygens (including phenoxy) is 1. The molecule has 0 saturated heterocycles. The molecule has 0 radical (unpaired) electrons. The van der Waals surface area contributed by atoms with Gasteiger partial charge in [0.15, 0.2) is 0 Å². The Labute approximate surface area is 180 Å². The number of amides is 2. The SMILES string of the molecule is COc1ccc(C(CC(=O)Nc2cc(C)nn2-c2ccc(Cl)cc2)NC(C)=O)cc1. The lowest BCUT2D eigenvalue weighted by atomic mass is 10.0. The van der Waals surface area contributed by atoms with Crippen molar-refractivity contribution in [3.63, 3.8) is 0 Å². The average Bonchev–Trinajstić information content (AvgIpc) is 3.07. The monoisotopic (exact) mass is 426 g/mol. The van der Waals surface area contributed by atoms with Crippen LogP contribution in [-0.4, -0.2) is 28.7 Å². The summed E-state index contributed by atoms with van der Waals surface area (Å²) >= 11 is 5.96. The molecule has 1 unspecified atom stereocenters. The number of carbonyl (C=O) groups is 2. The summed E-state index contributed by atoms with van der Waals surface area (Å²) in [4.78, 5) is 24.5. The molecule has 2 aromatic carbocycles. The first-order valence-electron chi connectivity index (χ1n) is 9.39. The van der Waals surface area contributed by atoms with Crippen molar-refractivity contribution in [1.29, 1.82) is 0 Å². The van der Waals surface area contributed by atoms with E-state index in [1.54, 1.807) is 42.1 Å². The molecular weight excluding hydrogens is 404 g/mol. The van der Waals surface area contributed by atoms with Gasteiger partial charge >= 0.3 is 0 Å². The Kier molecular flexibility index (Phi) is 6.74. The van der Waals surface area contributed by atoms with Gasteiger partial charge in [0.1, 0.15) is 11.6 Å². The van der Waals surface area contributed by atoms with E-state index in [-0.39, 0.29) is 18.2 Å². The Balaban J connectivity index is 1.78. The number of nitrogens with zero attached hydrogens (tertiary/aromatic N) is 2. The molecular formula is C22H23ClN4O3. The molecule has 0 saturated carbocycles. The minimum atomic E-state index is -0.471. The number of anilines is 1. The smallest absolute Gasteiger partial charge is 0.227 e. The first kappa shape index (κ1) is 21.4. The van der Waals surface area contributed by atoms with E-state index < -0.39 is 6.04 Å². The van der Waals surface area contributed by atoms with Crippen LogP contribution >= 0.6 is 11.6 Å². The van der Waals surface area contributed by atoms with Crippen molar-refractivity contribution in [3.05, 3.63) is 70.9 Å². The second-order valence-electron chi connectivity index (χ2n) is 6.84. The van der Waals surface area contributed by atoms with Gasteiger partial charge in [0.05, 0.1) is 31.0 Å². The molecule has 2 N–H and O–H groups in total. The van der Waals surface area contributed by atoms with Crippen molar-refractivity contribution >= 4 is 29.2 Å². The molecule has 0 spiro atoms. The third-order valence-corrected chi connectivity index (χ3v) is 4.71. The van der Waals surface area contributed by atoms with Crippen LogP contribution in [0.1, 0.15) is 30.6 Å². The molecule has 0 aliphatic rings. The van der Waals surface area contributed by atoms with Gasteiger partial charge in [-0.05, 0) is 48.9 Å². The molecule has 156 valence electrons. The van der Waals surface area contributed by atoms with Crippen LogP contribution in [0, 0.1) is 6.92 Å². The van der Waals surface area contributed by atoms with Gasteiger partial charge in [0.25, 0.3) is 0 Å². The summed E-state index contributed by atoms with van der Waals surface area (Å²) in [6.45, 7) is 3.27. The fourth-order valence-electron chi connectivity index (χ4n) is 3.08. The molecule has 7 nitrogen and oxygen atoms in total. The second kappa shape index (κ2) is 9.45. The predicted molar refractivity (Wildman–Crippen MR) is 116 cm³/mol. The Morgan fingerprint density at radius 3 is 2.40 bits per heavy atom. The fourth-order valence-corrected chi connectivity index (χ4v) is 3.21. The number of hydrogen-bond acceptors (Lipinski definition) is 4. The first-order valence-corrected chi connectivity index (χ1v) is 9.77. The van der Waals surface area contributed by atoms with Crippen molar-refractivity contribution in [2.75, 3.05) is 12.4 Å². The van der Waals surface area contributed by atoms with Gasteiger partial charge in [-0.15, -0.1) is 0 Å². The van der Waals surface area contributed by atoms with E-state index in [1.807, 2.05) is 31.2 Å².